The monoisotopic (exact) mass is 226 g/mol. The minimum absolute atomic E-state index is 0.283. The van der Waals surface area contributed by atoms with Crippen LogP contribution in [0.3, 0.4) is 0 Å². The largest absolute Gasteiger partial charge is 0.342 e. The lowest BCUT2D eigenvalue weighted by atomic mass is 9.98. The van der Waals surface area contributed by atoms with E-state index < -0.39 is 0 Å². The molecule has 1 fully saturated rings. The summed E-state index contributed by atoms with van der Waals surface area (Å²) in [5.74, 6) is 1.12. The summed E-state index contributed by atoms with van der Waals surface area (Å²) in [6.45, 7) is 7.76. The Labute approximate surface area is 99.6 Å². The molecule has 1 heterocycles. The van der Waals surface area contributed by atoms with E-state index in [1.54, 1.807) is 0 Å². The highest BCUT2D eigenvalue weighted by Crippen LogP contribution is 2.19. The summed E-state index contributed by atoms with van der Waals surface area (Å²) >= 11 is 0. The fraction of sp³-hybridized carbons (Fsp3) is 0.923. The maximum absolute atomic E-state index is 11.9. The molecule has 0 radical (unpaired) electrons. The summed E-state index contributed by atoms with van der Waals surface area (Å²) in [7, 11) is 0. The maximum Gasteiger partial charge on any atom is 0.236 e. The first-order valence-electron chi connectivity index (χ1n) is 6.76. The van der Waals surface area contributed by atoms with Crippen LogP contribution in [0, 0.1) is 5.92 Å². The molecule has 94 valence electrons. The molecule has 3 heteroatoms. The lowest BCUT2D eigenvalue weighted by Crippen LogP contribution is -2.39. The number of rotatable bonds is 5. The summed E-state index contributed by atoms with van der Waals surface area (Å²) in [5.41, 5.74) is 0. The van der Waals surface area contributed by atoms with Gasteiger partial charge in [0.25, 0.3) is 0 Å². The number of likely N-dealkylation sites (tertiary alicyclic amines) is 1. The van der Waals surface area contributed by atoms with E-state index in [0.717, 1.165) is 32.0 Å². The number of nitrogens with zero attached hydrogens (tertiary/aromatic N) is 1. The molecule has 0 aromatic rings. The van der Waals surface area contributed by atoms with E-state index >= 15 is 0 Å². The summed E-state index contributed by atoms with van der Waals surface area (Å²) in [6, 6.07) is 0. The van der Waals surface area contributed by atoms with Gasteiger partial charge in [0.1, 0.15) is 0 Å². The molecule has 1 N–H and O–H groups in total. The van der Waals surface area contributed by atoms with Crippen molar-refractivity contribution in [2.24, 2.45) is 5.92 Å². The van der Waals surface area contributed by atoms with Gasteiger partial charge in [-0.15, -0.1) is 0 Å². The van der Waals surface area contributed by atoms with E-state index in [4.69, 9.17) is 0 Å². The van der Waals surface area contributed by atoms with Crippen LogP contribution in [0.5, 0.6) is 0 Å². The van der Waals surface area contributed by atoms with Gasteiger partial charge >= 0.3 is 0 Å². The van der Waals surface area contributed by atoms with Crippen molar-refractivity contribution in [2.75, 3.05) is 26.2 Å². The number of hydrogen-bond acceptors (Lipinski definition) is 2. The van der Waals surface area contributed by atoms with Gasteiger partial charge in [-0.1, -0.05) is 20.3 Å². The maximum atomic E-state index is 11.9. The fourth-order valence-electron chi connectivity index (χ4n) is 2.31. The third-order valence-electron chi connectivity index (χ3n) is 3.48. The summed E-state index contributed by atoms with van der Waals surface area (Å²) < 4.78 is 0. The van der Waals surface area contributed by atoms with Gasteiger partial charge in [0.05, 0.1) is 6.54 Å². The molecule has 1 aliphatic heterocycles. The molecular weight excluding hydrogens is 200 g/mol. The molecule has 1 atom stereocenters. The van der Waals surface area contributed by atoms with Gasteiger partial charge in [-0.05, 0) is 38.1 Å². The van der Waals surface area contributed by atoms with Crippen molar-refractivity contribution >= 4 is 5.91 Å². The van der Waals surface area contributed by atoms with Gasteiger partial charge in [-0.3, -0.25) is 4.79 Å². The Morgan fingerprint density at radius 3 is 2.81 bits per heavy atom. The summed E-state index contributed by atoms with van der Waals surface area (Å²) in [6.07, 6.45) is 6.01. The number of nitrogens with one attached hydrogen (secondary N) is 1. The molecule has 0 spiro atoms. The van der Waals surface area contributed by atoms with Crippen molar-refractivity contribution in [3.63, 3.8) is 0 Å². The van der Waals surface area contributed by atoms with Gasteiger partial charge < -0.3 is 10.2 Å². The Morgan fingerprint density at radius 2 is 2.12 bits per heavy atom. The van der Waals surface area contributed by atoms with Crippen molar-refractivity contribution in [3.05, 3.63) is 0 Å². The van der Waals surface area contributed by atoms with Crippen molar-refractivity contribution in [2.45, 2.75) is 46.0 Å². The van der Waals surface area contributed by atoms with Crippen LogP contribution in [0.25, 0.3) is 0 Å². The van der Waals surface area contributed by atoms with Gasteiger partial charge in [-0.25, -0.2) is 0 Å². The third-order valence-corrected chi connectivity index (χ3v) is 3.48. The number of carbonyl (C=O) groups is 1. The molecule has 16 heavy (non-hydrogen) atoms. The first kappa shape index (κ1) is 13.5. The topological polar surface area (TPSA) is 32.3 Å². The van der Waals surface area contributed by atoms with E-state index in [9.17, 15) is 4.79 Å². The van der Waals surface area contributed by atoms with E-state index in [2.05, 4.69) is 19.2 Å². The molecular formula is C13H26N2O. The molecule has 0 bridgehead atoms. The van der Waals surface area contributed by atoms with Crippen LogP contribution in [-0.4, -0.2) is 37.0 Å². The van der Waals surface area contributed by atoms with Crippen LogP contribution in [0.2, 0.25) is 0 Å². The van der Waals surface area contributed by atoms with Gasteiger partial charge in [-0.2, -0.15) is 0 Å². The van der Waals surface area contributed by atoms with Crippen LogP contribution in [0.15, 0.2) is 0 Å². The van der Waals surface area contributed by atoms with Crippen LogP contribution < -0.4 is 5.32 Å². The number of hydrogen-bond donors (Lipinski definition) is 1. The second kappa shape index (κ2) is 7.66. The quantitative estimate of drug-likeness (QED) is 0.727. The molecule has 1 unspecified atom stereocenters. The average molecular weight is 226 g/mol. The third kappa shape index (κ3) is 4.52. The van der Waals surface area contributed by atoms with Gasteiger partial charge in [0.2, 0.25) is 5.91 Å². The first-order valence-corrected chi connectivity index (χ1v) is 6.76. The molecule has 1 aliphatic rings. The highest BCUT2D eigenvalue weighted by atomic mass is 16.2. The van der Waals surface area contributed by atoms with Crippen molar-refractivity contribution in [1.82, 2.24) is 10.2 Å². The SMILES string of the molecule is CCCNCC(=O)N1CCCC(CC)CC1. The van der Waals surface area contributed by atoms with E-state index in [-0.39, 0.29) is 5.91 Å². The Morgan fingerprint density at radius 1 is 1.31 bits per heavy atom. The minimum atomic E-state index is 0.283. The molecule has 1 amide bonds. The fourth-order valence-corrected chi connectivity index (χ4v) is 2.31. The molecule has 0 aliphatic carbocycles. The van der Waals surface area contributed by atoms with Gasteiger partial charge in [0, 0.05) is 13.1 Å². The van der Waals surface area contributed by atoms with E-state index in [0.29, 0.717) is 6.54 Å². The molecule has 0 aromatic carbocycles. The molecule has 0 aromatic heterocycles. The highest BCUT2D eigenvalue weighted by Gasteiger charge is 2.18. The smallest absolute Gasteiger partial charge is 0.236 e. The summed E-state index contributed by atoms with van der Waals surface area (Å²) in [4.78, 5) is 13.9. The average Bonchev–Trinajstić information content (AvgIpc) is 2.54. The Kier molecular flexibility index (Phi) is 6.46. The lowest BCUT2D eigenvalue weighted by molar-refractivity contribution is -0.130. The minimum Gasteiger partial charge on any atom is -0.342 e. The Hall–Kier alpha value is -0.570. The van der Waals surface area contributed by atoms with Gasteiger partial charge in [0.15, 0.2) is 0 Å². The zero-order valence-electron chi connectivity index (χ0n) is 10.8. The second-order valence-corrected chi connectivity index (χ2v) is 4.76. The van der Waals surface area contributed by atoms with Crippen molar-refractivity contribution in [1.29, 1.82) is 0 Å². The predicted molar refractivity (Wildman–Crippen MR) is 67.4 cm³/mol. The molecule has 3 nitrogen and oxygen atoms in total. The zero-order chi connectivity index (χ0) is 11.8. The van der Waals surface area contributed by atoms with Crippen LogP contribution >= 0.6 is 0 Å². The molecule has 0 saturated carbocycles. The molecule has 1 saturated heterocycles. The summed E-state index contributed by atoms with van der Waals surface area (Å²) in [5, 5.41) is 3.19. The van der Waals surface area contributed by atoms with E-state index in [1.165, 1.54) is 25.7 Å². The van der Waals surface area contributed by atoms with Crippen LogP contribution in [-0.2, 0) is 4.79 Å². The van der Waals surface area contributed by atoms with Crippen molar-refractivity contribution in [3.8, 4) is 0 Å². The predicted octanol–water partition coefficient (Wildman–Crippen LogP) is 2.02. The highest BCUT2D eigenvalue weighted by molar-refractivity contribution is 5.78. The standard InChI is InChI=1S/C13H26N2O/c1-3-8-14-11-13(16)15-9-5-6-12(4-2)7-10-15/h12,14H,3-11H2,1-2H3. The van der Waals surface area contributed by atoms with Crippen LogP contribution in [0.4, 0.5) is 0 Å². The normalized spacial score (nSPS) is 21.9. The Bertz CT molecular complexity index is 206. The van der Waals surface area contributed by atoms with Crippen molar-refractivity contribution < 1.29 is 4.79 Å². The number of carbonyl (C=O) groups excluding carboxylic acids is 1. The first-order chi connectivity index (χ1) is 7.77. The lowest BCUT2D eigenvalue weighted by Gasteiger charge is -2.20. The zero-order valence-corrected chi connectivity index (χ0v) is 10.8. The molecule has 1 rings (SSSR count). The van der Waals surface area contributed by atoms with Crippen LogP contribution in [0.1, 0.15) is 46.0 Å². The number of amides is 1. The second-order valence-electron chi connectivity index (χ2n) is 4.76. The van der Waals surface area contributed by atoms with E-state index in [1.807, 2.05) is 4.90 Å². The Balaban J connectivity index is 2.27.